The van der Waals surface area contributed by atoms with Crippen LogP contribution in [0.2, 0.25) is 0 Å². The number of nitrogens with one attached hydrogen (secondary N) is 2. The number of carbonyl (C=O) groups excluding carboxylic acids is 1. The summed E-state index contributed by atoms with van der Waals surface area (Å²) in [6.45, 7) is 5.57. The predicted octanol–water partition coefficient (Wildman–Crippen LogP) is 2.41. The Morgan fingerprint density at radius 1 is 1.00 bits per heavy atom. The van der Waals surface area contributed by atoms with Gasteiger partial charge in [-0.2, -0.15) is 4.72 Å². The zero-order chi connectivity index (χ0) is 18.4. The van der Waals surface area contributed by atoms with Crippen molar-refractivity contribution in [2.75, 3.05) is 0 Å². The highest BCUT2D eigenvalue weighted by molar-refractivity contribution is 7.89. The standard InChI is InChI=1S/C19H24N2O3S/c1-14(2)20-19(22)18(13-16-7-5-4-6-8-16)21-25(23,24)17-11-9-15(3)10-12-17/h4-12,14,18,21H,13H2,1-3H3,(H,20,22)/t18-/m1/s1. The molecule has 5 nitrogen and oxygen atoms in total. The van der Waals surface area contributed by atoms with Gasteiger partial charge >= 0.3 is 0 Å². The summed E-state index contributed by atoms with van der Waals surface area (Å²) < 4.78 is 27.8. The third-order valence-corrected chi connectivity index (χ3v) is 5.15. The molecule has 1 amide bonds. The van der Waals surface area contributed by atoms with Crippen molar-refractivity contribution in [3.8, 4) is 0 Å². The van der Waals surface area contributed by atoms with Crippen LogP contribution in [0, 0.1) is 6.92 Å². The highest BCUT2D eigenvalue weighted by Crippen LogP contribution is 2.12. The van der Waals surface area contributed by atoms with Crippen LogP contribution in [0.25, 0.3) is 0 Å². The SMILES string of the molecule is Cc1ccc(S(=O)(=O)N[C@H](Cc2ccccc2)C(=O)NC(C)C)cc1. The van der Waals surface area contributed by atoms with Crippen molar-refractivity contribution >= 4 is 15.9 Å². The van der Waals surface area contributed by atoms with Crippen LogP contribution in [0.5, 0.6) is 0 Å². The molecule has 2 aromatic rings. The molecule has 0 fully saturated rings. The van der Waals surface area contributed by atoms with Gasteiger partial charge in [-0.05, 0) is 44.9 Å². The second-order valence-corrected chi connectivity index (χ2v) is 8.05. The fourth-order valence-electron chi connectivity index (χ4n) is 2.40. The van der Waals surface area contributed by atoms with E-state index in [1.54, 1.807) is 12.1 Å². The second-order valence-electron chi connectivity index (χ2n) is 6.34. The molecule has 0 saturated carbocycles. The highest BCUT2D eigenvalue weighted by atomic mass is 32.2. The van der Waals surface area contributed by atoms with E-state index in [-0.39, 0.29) is 23.3 Å². The molecule has 1 atom stereocenters. The molecule has 0 radical (unpaired) electrons. The molecule has 2 rings (SSSR count). The summed E-state index contributed by atoms with van der Waals surface area (Å²) in [4.78, 5) is 12.6. The molecule has 6 heteroatoms. The third kappa shape index (κ3) is 5.69. The summed E-state index contributed by atoms with van der Waals surface area (Å²) in [6, 6.07) is 14.9. The average molecular weight is 360 g/mol. The first-order chi connectivity index (χ1) is 11.8. The lowest BCUT2D eigenvalue weighted by Crippen LogP contribution is -2.49. The van der Waals surface area contributed by atoms with Crippen LogP contribution in [0.4, 0.5) is 0 Å². The van der Waals surface area contributed by atoms with Crippen LogP contribution in [0.1, 0.15) is 25.0 Å². The molecular formula is C19H24N2O3S. The molecule has 0 spiro atoms. The molecule has 0 saturated heterocycles. The Labute approximate surface area is 149 Å². The molecule has 0 heterocycles. The van der Waals surface area contributed by atoms with Crippen molar-refractivity contribution in [3.63, 3.8) is 0 Å². The maximum atomic E-state index is 12.6. The maximum Gasteiger partial charge on any atom is 0.241 e. The Morgan fingerprint density at radius 3 is 2.16 bits per heavy atom. The van der Waals surface area contributed by atoms with E-state index < -0.39 is 16.1 Å². The molecule has 0 aliphatic rings. The minimum Gasteiger partial charge on any atom is -0.353 e. The number of aryl methyl sites for hydroxylation is 1. The van der Waals surface area contributed by atoms with Gasteiger partial charge in [-0.1, -0.05) is 48.0 Å². The zero-order valence-electron chi connectivity index (χ0n) is 14.7. The van der Waals surface area contributed by atoms with Gasteiger partial charge in [0.2, 0.25) is 15.9 Å². The van der Waals surface area contributed by atoms with Crippen molar-refractivity contribution in [2.45, 2.75) is 44.2 Å². The van der Waals surface area contributed by atoms with Crippen molar-refractivity contribution in [1.82, 2.24) is 10.0 Å². The minimum absolute atomic E-state index is 0.0744. The Balaban J connectivity index is 2.25. The number of hydrogen-bond acceptors (Lipinski definition) is 3. The molecule has 0 bridgehead atoms. The summed E-state index contributed by atoms with van der Waals surface area (Å²) in [5.74, 6) is -0.338. The van der Waals surface area contributed by atoms with Gasteiger partial charge in [-0.25, -0.2) is 8.42 Å². The van der Waals surface area contributed by atoms with Crippen LogP contribution in [-0.4, -0.2) is 26.4 Å². The smallest absolute Gasteiger partial charge is 0.241 e. The zero-order valence-corrected chi connectivity index (χ0v) is 15.5. The van der Waals surface area contributed by atoms with E-state index in [0.29, 0.717) is 0 Å². The normalized spacial score (nSPS) is 12.8. The number of sulfonamides is 1. The van der Waals surface area contributed by atoms with Gasteiger partial charge in [0.05, 0.1) is 4.90 Å². The lowest BCUT2D eigenvalue weighted by Gasteiger charge is -2.20. The number of rotatable bonds is 7. The Bertz CT molecular complexity index is 800. The quantitative estimate of drug-likeness (QED) is 0.796. The van der Waals surface area contributed by atoms with Gasteiger partial charge in [-0.15, -0.1) is 0 Å². The van der Waals surface area contributed by atoms with Crippen LogP contribution in [0.3, 0.4) is 0 Å². The molecule has 2 aromatic carbocycles. The van der Waals surface area contributed by atoms with Crippen molar-refractivity contribution in [1.29, 1.82) is 0 Å². The fourth-order valence-corrected chi connectivity index (χ4v) is 3.59. The number of amides is 1. The fraction of sp³-hybridized carbons (Fsp3) is 0.316. The predicted molar refractivity (Wildman–Crippen MR) is 98.7 cm³/mol. The van der Waals surface area contributed by atoms with E-state index >= 15 is 0 Å². The van der Waals surface area contributed by atoms with Gasteiger partial charge in [0.1, 0.15) is 6.04 Å². The first-order valence-electron chi connectivity index (χ1n) is 8.21. The first kappa shape index (κ1) is 19.1. The molecule has 2 N–H and O–H groups in total. The summed E-state index contributed by atoms with van der Waals surface area (Å²) in [5, 5.41) is 2.78. The third-order valence-electron chi connectivity index (χ3n) is 3.66. The van der Waals surface area contributed by atoms with Crippen LogP contribution < -0.4 is 10.0 Å². The molecule has 0 aromatic heterocycles. The van der Waals surface area contributed by atoms with Crippen LogP contribution in [0.15, 0.2) is 59.5 Å². The topological polar surface area (TPSA) is 75.3 Å². The molecular weight excluding hydrogens is 336 g/mol. The Hall–Kier alpha value is -2.18. The summed E-state index contributed by atoms with van der Waals surface area (Å²) in [6.07, 6.45) is 0.282. The van der Waals surface area contributed by atoms with Gasteiger partial charge in [-0.3, -0.25) is 4.79 Å². The highest BCUT2D eigenvalue weighted by Gasteiger charge is 2.26. The molecule has 0 aliphatic heterocycles. The summed E-state index contributed by atoms with van der Waals surface area (Å²) in [7, 11) is -3.79. The molecule has 0 unspecified atom stereocenters. The largest absolute Gasteiger partial charge is 0.353 e. The molecule has 25 heavy (non-hydrogen) atoms. The molecule has 0 aliphatic carbocycles. The van der Waals surface area contributed by atoms with Crippen LogP contribution >= 0.6 is 0 Å². The van der Waals surface area contributed by atoms with E-state index in [1.165, 1.54) is 12.1 Å². The second kappa shape index (κ2) is 8.27. The van der Waals surface area contributed by atoms with E-state index in [1.807, 2.05) is 51.1 Å². The number of benzene rings is 2. The van der Waals surface area contributed by atoms with E-state index in [9.17, 15) is 13.2 Å². The van der Waals surface area contributed by atoms with Crippen molar-refractivity contribution in [3.05, 3.63) is 65.7 Å². The Morgan fingerprint density at radius 2 is 1.60 bits per heavy atom. The average Bonchev–Trinajstić information content (AvgIpc) is 2.55. The van der Waals surface area contributed by atoms with E-state index in [2.05, 4.69) is 10.0 Å². The van der Waals surface area contributed by atoms with Crippen molar-refractivity contribution in [2.24, 2.45) is 0 Å². The maximum absolute atomic E-state index is 12.6. The van der Waals surface area contributed by atoms with Gasteiger partial charge in [0.25, 0.3) is 0 Å². The minimum atomic E-state index is -3.79. The lowest BCUT2D eigenvalue weighted by molar-refractivity contribution is -0.123. The number of carbonyl (C=O) groups is 1. The van der Waals surface area contributed by atoms with Gasteiger partial charge < -0.3 is 5.32 Å². The van der Waals surface area contributed by atoms with Crippen LogP contribution in [-0.2, 0) is 21.2 Å². The van der Waals surface area contributed by atoms with Gasteiger partial charge in [0, 0.05) is 6.04 Å². The van der Waals surface area contributed by atoms with E-state index in [4.69, 9.17) is 0 Å². The van der Waals surface area contributed by atoms with Crippen molar-refractivity contribution < 1.29 is 13.2 Å². The monoisotopic (exact) mass is 360 g/mol. The molecule has 134 valence electrons. The van der Waals surface area contributed by atoms with Gasteiger partial charge in [0.15, 0.2) is 0 Å². The Kier molecular flexibility index (Phi) is 6.33. The summed E-state index contributed by atoms with van der Waals surface area (Å²) >= 11 is 0. The van der Waals surface area contributed by atoms with E-state index in [0.717, 1.165) is 11.1 Å². The lowest BCUT2D eigenvalue weighted by atomic mass is 10.1. The summed E-state index contributed by atoms with van der Waals surface area (Å²) in [5.41, 5.74) is 1.86. The first-order valence-corrected chi connectivity index (χ1v) is 9.69. The number of hydrogen-bond donors (Lipinski definition) is 2.